The summed E-state index contributed by atoms with van der Waals surface area (Å²) < 4.78 is 57.7. The first-order chi connectivity index (χ1) is 11.3. The lowest BCUT2D eigenvalue weighted by atomic mass is 10.2. The number of hydrogen-bond donors (Lipinski definition) is 0. The number of ether oxygens (including phenoxy) is 1. The first kappa shape index (κ1) is 15.9. The molecule has 3 aromatic heterocycles. The van der Waals surface area contributed by atoms with Crippen molar-refractivity contribution in [3.8, 4) is 5.82 Å². The van der Waals surface area contributed by atoms with E-state index in [1.807, 2.05) is 0 Å². The van der Waals surface area contributed by atoms with E-state index in [0.717, 1.165) is 0 Å². The molecule has 0 aromatic carbocycles. The minimum atomic E-state index is -4.69. The van der Waals surface area contributed by atoms with E-state index in [4.69, 9.17) is 0 Å². The van der Waals surface area contributed by atoms with Gasteiger partial charge in [0, 0.05) is 24.0 Å². The molecule has 0 atom stereocenters. The Kier molecular flexibility index (Phi) is 3.70. The van der Waals surface area contributed by atoms with E-state index in [0.29, 0.717) is 23.2 Å². The fraction of sp³-hybridized carbons (Fsp3) is 0.133. The first-order valence-corrected chi connectivity index (χ1v) is 6.60. The Hall–Kier alpha value is -2.97. The van der Waals surface area contributed by atoms with Gasteiger partial charge in [-0.15, -0.1) is 0 Å². The summed E-state index contributed by atoms with van der Waals surface area (Å²) in [6.07, 6.45) is -1.34. The molecule has 0 unspecified atom stereocenters. The van der Waals surface area contributed by atoms with Gasteiger partial charge in [-0.25, -0.2) is 19.2 Å². The molecule has 3 rings (SSSR count). The minimum Gasteiger partial charge on any atom is -0.464 e. The molecule has 3 aromatic rings. The Labute approximate surface area is 132 Å². The van der Waals surface area contributed by atoms with E-state index >= 15 is 0 Å². The first-order valence-electron chi connectivity index (χ1n) is 6.60. The largest absolute Gasteiger partial charge is 0.464 e. The van der Waals surface area contributed by atoms with Crippen LogP contribution in [0.2, 0.25) is 0 Å². The number of carbonyl (C=O) groups is 1. The van der Waals surface area contributed by atoms with Crippen molar-refractivity contribution in [3.63, 3.8) is 0 Å². The molecule has 3 heterocycles. The Balaban J connectivity index is 2.14. The van der Waals surface area contributed by atoms with Crippen LogP contribution in [0.25, 0.3) is 16.7 Å². The zero-order chi connectivity index (χ0) is 17.5. The molecule has 9 heteroatoms. The van der Waals surface area contributed by atoms with Crippen molar-refractivity contribution in [1.29, 1.82) is 0 Å². The lowest BCUT2D eigenvalue weighted by Gasteiger charge is -2.10. The second-order valence-corrected chi connectivity index (χ2v) is 4.83. The molecular weight excluding hydrogens is 330 g/mol. The number of esters is 1. The van der Waals surface area contributed by atoms with E-state index in [-0.39, 0.29) is 11.5 Å². The standard InChI is InChI=1S/C15H9F4N3O2/c1-24-14(23)11-5-12-8(6-20-11)2-3-22(12)13-10(16)4-9(7-21-13)15(17,18)19/h2-7H,1H3. The minimum absolute atomic E-state index is 0.0164. The molecule has 124 valence electrons. The number of hydrogen-bond acceptors (Lipinski definition) is 4. The number of halogens is 4. The molecule has 0 spiro atoms. The molecule has 0 saturated heterocycles. The molecule has 0 aliphatic heterocycles. The van der Waals surface area contributed by atoms with Gasteiger partial charge in [0.2, 0.25) is 0 Å². The van der Waals surface area contributed by atoms with Crippen molar-refractivity contribution < 1.29 is 27.1 Å². The van der Waals surface area contributed by atoms with E-state index in [2.05, 4.69) is 14.7 Å². The molecule has 0 radical (unpaired) electrons. The third-order valence-electron chi connectivity index (χ3n) is 3.35. The normalized spacial score (nSPS) is 11.7. The highest BCUT2D eigenvalue weighted by atomic mass is 19.4. The number of alkyl halides is 3. The van der Waals surface area contributed by atoms with E-state index in [1.54, 1.807) is 6.07 Å². The van der Waals surface area contributed by atoms with Gasteiger partial charge in [-0.05, 0) is 18.2 Å². The summed E-state index contributed by atoms with van der Waals surface area (Å²) >= 11 is 0. The van der Waals surface area contributed by atoms with Gasteiger partial charge >= 0.3 is 12.1 Å². The maximum Gasteiger partial charge on any atom is 0.417 e. The molecule has 0 N–H and O–H groups in total. The highest BCUT2D eigenvalue weighted by molar-refractivity contribution is 5.92. The van der Waals surface area contributed by atoms with Gasteiger partial charge in [-0.3, -0.25) is 4.57 Å². The zero-order valence-electron chi connectivity index (χ0n) is 12.1. The Morgan fingerprint density at radius 1 is 1.21 bits per heavy atom. The summed E-state index contributed by atoms with van der Waals surface area (Å²) in [5.41, 5.74) is -0.842. The molecule has 5 nitrogen and oxygen atoms in total. The third kappa shape index (κ3) is 2.68. The Bertz CT molecular complexity index is 934. The summed E-state index contributed by atoms with van der Waals surface area (Å²) in [5, 5.41) is 0.559. The fourth-order valence-corrected chi connectivity index (χ4v) is 2.19. The van der Waals surface area contributed by atoms with Gasteiger partial charge in [-0.1, -0.05) is 0 Å². The molecule has 24 heavy (non-hydrogen) atoms. The van der Waals surface area contributed by atoms with Crippen LogP contribution in [0.1, 0.15) is 16.1 Å². The average Bonchev–Trinajstić information content (AvgIpc) is 2.96. The average molecular weight is 339 g/mol. The second kappa shape index (κ2) is 5.59. The van der Waals surface area contributed by atoms with Crippen molar-refractivity contribution in [3.05, 3.63) is 53.9 Å². The van der Waals surface area contributed by atoms with Crippen molar-refractivity contribution >= 4 is 16.9 Å². The van der Waals surface area contributed by atoms with Crippen LogP contribution in [-0.2, 0) is 10.9 Å². The van der Waals surface area contributed by atoms with Crippen LogP contribution in [0.15, 0.2) is 36.8 Å². The number of pyridine rings is 2. The van der Waals surface area contributed by atoms with Crippen molar-refractivity contribution in [2.24, 2.45) is 0 Å². The maximum atomic E-state index is 14.1. The van der Waals surface area contributed by atoms with Crippen LogP contribution < -0.4 is 0 Å². The molecular formula is C15H9F4N3O2. The molecule has 0 aliphatic carbocycles. The lowest BCUT2D eigenvalue weighted by Crippen LogP contribution is -2.09. The summed E-state index contributed by atoms with van der Waals surface area (Å²) in [5.74, 6) is -2.15. The second-order valence-electron chi connectivity index (χ2n) is 4.83. The Morgan fingerprint density at radius 3 is 2.58 bits per heavy atom. The van der Waals surface area contributed by atoms with Crippen LogP contribution in [-0.4, -0.2) is 27.6 Å². The van der Waals surface area contributed by atoms with Crippen molar-refractivity contribution in [2.45, 2.75) is 6.18 Å². The molecule has 0 saturated carbocycles. The predicted molar refractivity (Wildman–Crippen MR) is 75.2 cm³/mol. The number of fused-ring (bicyclic) bond motifs is 1. The van der Waals surface area contributed by atoms with Gasteiger partial charge < -0.3 is 4.74 Å². The number of carbonyl (C=O) groups excluding carboxylic acids is 1. The van der Waals surface area contributed by atoms with Crippen LogP contribution >= 0.6 is 0 Å². The fourth-order valence-electron chi connectivity index (χ4n) is 2.19. The van der Waals surface area contributed by atoms with E-state index in [9.17, 15) is 22.4 Å². The van der Waals surface area contributed by atoms with Gasteiger partial charge in [-0.2, -0.15) is 13.2 Å². The molecule has 0 amide bonds. The summed E-state index contributed by atoms with van der Waals surface area (Å²) in [4.78, 5) is 19.0. The van der Waals surface area contributed by atoms with Crippen LogP contribution in [0.3, 0.4) is 0 Å². The van der Waals surface area contributed by atoms with Crippen LogP contribution in [0.5, 0.6) is 0 Å². The third-order valence-corrected chi connectivity index (χ3v) is 3.35. The van der Waals surface area contributed by atoms with Crippen LogP contribution in [0, 0.1) is 5.82 Å². The quantitative estimate of drug-likeness (QED) is 0.531. The lowest BCUT2D eigenvalue weighted by molar-refractivity contribution is -0.138. The maximum absolute atomic E-state index is 14.1. The van der Waals surface area contributed by atoms with E-state index < -0.39 is 23.5 Å². The molecule has 0 aliphatic rings. The number of nitrogens with zero attached hydrogens (tertiary/aromatic N) is 3. The topological polar surface area (TPSA) is 57.0 Å². The van der Waals surface area contributed by atoms with Crippen molar-refractivity contribution in [2.75, 3.05) is 7.11 Å². The summed E-state index contributed by atoms with van der Waals surface area (Å²) in [6.45, 7) is 0. The predicted octanol–water partition coefficient (Wildman–Crippen LogP) is 3.37. The number of aromatic nitrogens is 3. The Morgan fingerprint density at radius 2 is 1.96 bits per heavy atom. The monoisotopic (exact) mass is 339 g/mol. The van der Waals surface area contributed by atoms with E-state index in [1.165, 1.54) is 30.1 Å². The summed E-state index contributed by atoms with van der Waals surface area (Å²) in [7, 11) is 1.18. The molecule has 0 bridgehead atoms. The highest BCUT2D eigenvalue weighted by Gasteiger charge is 2.32. The highest BCUT2D eigenvalue weighted by Crippen LogP contribution is 2.30. The van der Waals surface area contributed by atoms with Crippen molar-refractivity contribution in [1.82, 2.24) is 14.5 Å². The molecule has 0 fully saturated rings. The van der Waals surface area contributed by atoms with Gasteiger partial charge in [0.1, 0.15) is 5.69 Å². The number of methoxy groups -OCH3 is 1. The van der Waals surface area contributed by atoms with Gasteiger partial charge in [0.25, 0.3) is 0 Å². The summed E-state index contributed by atoms with van der Waals surface area (Å²) in [6, 6.07) is 3.29. The van der Waals surface area contributed by atoms with Gasteiger partial charge in [0.05, 0.1) is 18.2 Å². The van der Waals surface area contributed by atoms with Gasteiger partial charge in [0.15, 0.2) is 11.6 Å². The SMILES string of the molecule is COC(=O)c1cc2c(ccn2-c2ncc(C(F)(F)F)cc2F)cn1. The zero-order valence-corrected chi connectivity index (χ0v) is 12.1. The van der Waals surface area contributed by atoms with Crippen LogP contribution in [0.4, 0.5) is 17.6 Å². The number of rotatable bonds is 2. The smallest absolute Gasteiger partial charge is 0.417 e.